The van der Waals surface area contributed by atoms with Gasteiger partial charge in [-0.3, -0.25) is 10.1 Å². The lowest BCUT2D eigenvalue weighted by Gasteiger charge is -2.09. The fraction of sp³-hybridized carbons (Fsp3) is 0.333. The van der Waals surface area contributed by atoms with Crippen LogP contribution in [0.15, 0.2) is 17.4 Å². The molecule has 0 saturated heterocycles. The molecular formula is C12H14N4O2S2. The molecule has 3 amide bonds. The van der Waals surface area contributed by atoms with E-state index in [1.54, 1.807) is 18.3 Å². The van der Waals surface area contributed by atoms with Crippen molar-refractivity contribution < 1.29 is 9.59 Å². The van der Waals surface area contributed by atoms with E-state index in [2.05, 4.69) is 22.2 Å². The number of primary amides is 1. The van der Waals surface area contributed by atoms with Crippen molar-refractivity contribution in [3.8, 4) is 0 Å². The van der Waals surface area contributed by atoms with Crippen LogP contribution >= 0.6 is 23.1 Å². The SMILES string of the molecule is CCc1cc2c(S[C@H](C)C(=O)NC(N)=O)ncnc2s1. The molecule has 8 heteroatoms. The van der Waals surface area contributed by atoms with Crippen LogP contribution < -0.4 is 11.1 Å². The molecule has 3 N–H and O–H groups in total. The van der Waals surface area contributed by atoms with Crippen molar-refractivity contribution in [2.24, 2.45) is 5.73 Å². The number of nitrogens with two attached hydrogens (primary N) is 1. The van der Waals surface area contributed by atoms with E-state index in [0.717, 1.165) is 21.7 Å². The number of hydrogen-bond acceptors (Lipinski definition) is 6. The molecule has 0 aliphatic heterocycles. The number of rotatable bonds is 4. The van der Waals surface area contributed by atoms with E-state index < -0.39 is 17.2 Å². The Hall–Kier alpha value is -1.67. The normalized spacial score (nSPS) is 12.3. The molecule has 6 nitrogen and oxygen atoms in total. The Morgan fingerprint density at radius 3 is 2.90 bits per heavy atom. The summed E-state index contributed by atoms with van der Waals surface area (Å²) in [5.74, 6) is -0.430. The van der Waals surface area contributed by atoms with Gasteiger partial charge in [0.1, 0.15) is 16.2 Å². The van der Waals surface area contributed by atoms with Gasteiger partial charge in [-0.25, -0.2) is 14.8 Å². The number of aryl methyl sites for hydroxylation is 1. The number of carbonyl (C=O) groups is 2. The zero-order chi connectivity index (χ0) is 14.7. The smallest absolute Gasteiger partial charge is 0.318 e. The number of urea groups is 1. The predicted octanol–water partition coefficient (Wildman–Crippen LogP) is 1.93. The highest BCUT2D eigenvalue weighted by Gasteiger charge is 2.18. The van der Waals surface area contributed by atoms with Crippen LogP contribution in [0.1, 0.15) is 18.7 Å². The minimum absolute atomic E-state index is 0.430. The second kappa shape index (κ2) is 6.19. The quantitative estimate of drug-likeness (QED) is 0.664. The van der Waals surface area contributed by atoms with Crippen LogP contribution in [0.3, 0.4) is 0 Å². The van der Waals surface area contributed by atoms with Crippen molar-refractivity contribution in [1.29, 1.82) is 0 Å². The van der Waals surface area contributed by atoms with E-state index in [0.29, 0.717) is 0 Å². The largest absolute Gasteiger partial charge is 0.351 e. The summed E-state index contributed by atoms with van der Waals surface area (Å²) < 4.78 is 0. The summed E-state index contributed by atoms with van der Waals surface area (Å²) >= 11 is 2.90. The molecule has 20 heavy (non-hydrogen) atoms. The lowest BCUT2D eigenvalue weighted by molar-refractivity contribution is -0.119. The van der Waals surface area contributed by atoms with Crippen LogP contribution in [0, 0.1) is 0 Å². The molecule has 0 fully saturated rings. The van der Waals surface area contributed by atoms with Gasteiger partial charge >= 0.3 is 6.03 Å². The van der Waals surface area contributed by atoms with Gasteiger partial charge in [0.05, 0.1) is 5.25 Å². The maximum atomic E-state index is 11.7. The predicted molar refractivity (Wildman–Crippen MR) is 79.8 cm³/mol. The van der Waals surface area contributed by atoms with E-state index in [-0.39, 0.29) is 0 Å². The molecule has 106 valence electrons. The summed E-state index contributed by atoms with van der Waals surface area (Å²) in [5, 5.41) is 3.28. The van der Waals surface area contributed by atoms with E-state index >= 15 is 0 Å². The Balaban J connectivity index is 2.22. The average Bonchev–Trinajstić information content (AvgIpc) is 2.82. The number of imide groups is 1. The van der Waals surface area contributed by atoms with Crippen molar-refractivity contribution in [3.05, 3.63) is 17.3 Å². The van der Waals surface area contributed by atoms with Crippen LogP contribution in [-0.4, -0.2) is 27.2 Å². The second-order valence-electron chi connectivity index (χ2n) is 4.08. The van der Waals surface area contributed by atoms with Gasteiger partial charge in [0, 0.05) is 10.3 Å². The average molecular weight is 310 g/mol. The van der Waals surface area contributed by atoms with Gasteiger partial charge in [0.15, 0.2) is 0 Å². The standard InChI is InChI=1S/C12H14N4O2S2/c1-3-7-4-8-10(14-5-15-11(8)20-7)19-6(2)9(17)16-12(13)18/h4-6H,3H2,1-2H3,(H3,13,16,17,18)/t6-/m1/s1. The first-order chi connectivity index (χ1) is 9.51. The molecule has 0 aliphatic rings. The van der Waals surface area contributed by atoms with Gasteiger partial charge in [-0.05, 0) is 19.4 Å². The first kappa shape index (κ1) is 14.7. The Morgan fingerprint density at radius 2 is 2.25 bits per heavy atom. The Labute approximate surface area is 124 Å². The third kappa shape index (κ3) is 3.26. The summed E-state index contributed by atoms with van der Waals surface area (Å²) in [6, 6.07) is 1.19. The van der Waals surface area contributed by atoms with Gasteiger partial charge in [-0.1, -0.05) is 18.7 Å². The first-order valence-electron chi connectivity index (χ1n) is 6.01. The monoisotopic (exact) mass is 310 g/mol. The highest BCUT2D eigenvalue weighted by atomic mass is 32.2. The fourth-order valence-corrected chi connectivity index (χ4v) is 3.49. The van der Waals surface area contributed by atoms with Crippen molar-refractivity contribution >= 4 is 45.3 Å². The second-order valence-corrected chi connectivity index (χ2v) is 6.52. The molecule has 0 spiro atoms. The van der Waals surface area contributed by atoms with Crippen LogP contribution in [0.4, 0.5) is 4.79 Å². The fourth-order valence-electron chi connectivity index (χ4n) is 1.60. The Bertz CT molecular complexity index is 656. The third-order valence-electron chi connectivity index (χ3n) is 2.60. The number of fused-ring (bicyclic) bond motifs is 1. The molecule has 2 aromatic rings. The molecule has 0 radical (unpaired) electrons. The molecule has 0 saturated carbocycles. The van der Waals surface area contributed by atoms with Gasteiger partial charge in [0.2, 0.25) is 5.91 Å². The van der Waals surface area contributed by atoms with Crippen LogP contribution in [0.5, 0.6) is 0 Å². The van der Waals surface area contributed by atoms with Gasteiger partial charge < -0.3 is 5.73 Å². The van der Waals surface area contributed by atoms with Crippen molar-refractivity contribution in [2.75, 3.05) is 0 Å². The molecule has 2 heterocycles. The van der Waals surface area contributed by atoms with E-state index in [1.807, 2.05) is 6.07 Å². The number of nitrogens with one attached hydrogen (secondary N) is 1. The van der Waals surface area contributed by atoms with E-state index in [4.69, 9.17) is 5.73 Å². The molecule has 0 bridgehead atoms. The van der Waals surface area contributed by atoms with Crippen LogP contribution in [-0.2, 0) is 11.2 Å². The third-order valence-corrected chi connectivity index (χ3v) is 4.90. The molecular weight excluding hydrogens is 296 g/mol. The lowest BCUT2D eigenvalue weighted by atomic mass is 10.3. The summed E-state index contributed by atoms with van der Waals surface area (Å²) in [4.78, 5) is 32.9. The first-order valence-corrected chi connectivity index (χ1v) is 7.71. The van der Waals surface area contributed by atoms with Crippen molar-refractivity contribution in [1.82, 2.24) is 15.3 Å². The lowest BCUT2D eigenvalue weighted by Crippen LogP contribution is -2.39. The van der Waals surface area contributed by atoms with E-state index in [1.165, 1.54) is 23.0 Å². The van der Waals surface area contributed by atoms with Crippen LogP contribution in [0.2, 0.25) is 0 Å². The maximum Gasteiger partial charge on any atom is 0.318 e. The Kier molecular flexibility index (Phi) is 4.56. The number of thioether (sulfide) groups is 1. The highest BCUT2D eigenvalue weighted by molar-refractivity contribution is 8.00. The van der Waals surface area contributed by atoms with E-state index in [9.17, 15) is 9.59 Å². The maximum absolute atomic E-state index is 11.7. The number of thiophene rings is 1. The van der Waals surface area contributed by atoms with Gasteiger partial charge in [0.25, 0.3) is 0 Å². The molecule has 0 unspecified atom stereocenters. The molecule has 0 aliphatic carbocycles. The minimum atomic E-state index is -0.848. The highest BCUT2D eigenvalue weighted by Crippen LogP contribution is 2.32. The topological polar surface area (TPSA) is 98.0 Å². The van der Waals surface area contributed by atoms with Gasteiger partial charge in [-0.15, -0.1) is 11.3 Å². The summed E-state index contributed by atoms with van der Waals surface area (Å²) in [6.45, 7) is 3.78. The number of aromatic nitrogens is 2. The Morgan fingerprint density at radius 1 is 1.50 bits per heavy atom. The molecule has 2 rings (SSSR count). The zero-order valence-corrected chi connectivity index (χ0v) is 12.7. The van der Waals surface area contributed by atoms with Crippen molar-refractivity contribution in [3.63, 3.8) is 0 Å². The van der Waals surface area contributed by atoms with Crippen molar-refractivity contribution in [2.45, 2.75) is 30.5 Å². The summed E-state index contributed by atoms with van der Waals surface area (Å²) in [6.07, 6.45) is 2.42. The molecule has 1 atom stereocenters. The molecule has 0 aromatic carbocycles. The summed E-state index contributed by atoms with van der Waals surface area (Å²) in [7, 11) is 0. The van der Waals surface area contributed by atoms with Crippen LogP contribution in [0.25, 0.3) is 10.2 Å². The number of hydrogen-bond donors (Lipinski definition) is 2. The number of amides is 3. The number of nitrogens with zero attached hydrogens (tertiary/aromatic N) is 2. The number of carbonyl (C=O) groups excluding carboxylic acids is 2. The molecule has 2 aromatic heterocycles. The zero-order valence-electron chi connectivity index (χ0n) is 11.0. The summed E-state index contributed by atoms with van der Waals surface area (Å²) in [5.41, 5.74) is 4.93. The van der Waals surface area contributed by atoms with Gasteiger partial charge in [-0.2, -0.15) is 0 Å². The minimum Gasteiger partial charge on any atom is -0.351 e.